The second-order valence-corrected chi connectivity index (χ2v) is 6.40. The number of hydrogen-bond donors (Lipinski definition) is 1. The molecule has 0 heterocycles. The zero-order valence-electron chi connectivity index (χ0n) is 15.9. The largest absolute Gasteiger partial charge is 0.494 e. The van der Waals surface area contributed by atoms with Gasteiger partial charge in [0.1, 0.15) is 17.4 Å². The second kappa shape index (κ2) is 10.8. The number of rotatable bonds is 9. The van der Waals surface area contributed by atoms with Crippen molar-refractivity contribution >= 4 is 12.0 Å². The van der Waals surface area contributed by atoms with Gasteiger partial charge in [-0.3, -0.25) is 4.79 Å². The molecule has 0 saturated heterocycles. The lowest BCUT2D eigenvalue weighted by atomic mass is 10.1. The van der Waals surface area contributed by atoms with Crippen LogP contribution in [0.1, 0.15) is 50.3 Å². The minimum atomic E-state index is -0.381. The molecule has 0 radical (unpaired) electrons. The number of amides is 1. The van der Waals surface area contributed by atoms with Crippen molar-refractivity contribution in [3.63, 3.8) is 0 Å². The Morgan fingerprint density at radius 1 is 1.15 bits per heavy atom. The van der Waals surface area contributed by atoms with Crippen molar-refractivity contribution in [1.29, 1.82) is 5.26 Å². The lowest BCUT2D eigenvalue weighted by Gasteiger charge is -2.13. The van der Waals surface area contributed by atoms with Gasteiger partial charge in [0.25, 0.3) is 5.91 Å². The van der Waals surface area contributed by atoms with E-state index in [2.05, 4.69) is 12.2 Å². The Balaban J connectivity index is 1.98. The minimum absolute atomic E-state index is 0.0781. The summed E-state index contributed by atoms with van der Waals surface area (Å²) >= 11 is 0. The average molecular weight is 362 g/mol. The molecule has 0 aromatic heterocycles. The molecule has 27 heavy (non-hydrogen) atoms. The van der Waals surface area contributed by atoms with E-state index in [1.165, 1.54) is 0 Å². The van der Waals surface area contributed by atoms with E-state index in [9.17, 15) is 10.1 Å². The van der Waals surface area contributed by atoms with Crippen LogP contribution >= 0.6 is 0 Å². The minimum Gasteiger partial charge on any atom is -0.494 e. The molecular weight excluding hydrogens is 336 g/mol. The third kappa shape index (κ3) is 6.63. The van der Waals surface area contributed by atoms with Gasteiger partial charge < -0.3 is 10.1 Å². The summed E-state index contributed by atoms with van der Waals surface area (Å²) < 4.78 is 5.68. The van der Waals surface area contributed by atoms with Crippen LogP contribution in [0, 0.1) is 11.3 Å². The Hall–Kier alpha value is -3.06. The molecule has 2 aromatic rings. The van der Waals surface area contributed by atoms with Crippen molar-refractivity contribution in [2.45, 2.75) is 39.2 Å². The predicted octanol–water partition coefficient (Wildman–Crippen LogP) is 5.04. The number of hydrogen-bond acceptors (Lipinski definition) is 3. The van der Waals surface area contributed by atoms with Crippen molar-refractivity contribution in [2.75, 3.05) is 6.61 Å². The highest BCUT2D eigenvalue weighted by atomic mass is 16.5. The topological polar surface area (TPSA) is 62.1 Å². The van der Waals surface area contributed by atoms with Gasteiger partial charge in [0.05, 0.1) is 12.6 Å². The van der Waals surface area contributed by atoms with Crippen LogP contribution in [0.2, 0.25) is 0 Å². The van der Waals surface area contributed by atoms with Gasteiger partial charge in [0, 0.05) is 0 Å². The van der Waals surface area contributed by atoms with Gasteiger partial charge in [-0.1, -0.05) is 62.2 Å². The molecule has 4 heteroatoms. The van der Waals surface area contributed by atoms with Crippen molar-refractivity contribution in [3.8, 4) is 11.8 Å². The molecule has 4 nitrogen and oxygen atoms in total. The van der Waals surface area contributed by atoms with Gasteiger partial charge in [0.15, 0.2) is 0 Å². The van der Waals surface area contributed by atoms with Crippen LogP contribution in [0.3, 0.4) is 0 Å². The van der Waals surface area contributed by atoms with Gasteiger partial charge in [-0.15, -0.1) is 0 Å². The summed E-state index contributed by atoms with van der Waals surface area (Å²) in [5, 5.41) is 12.2. The third-order valence-corrected chi connectivity index (χ3v) is 4.22. The molecule has 0 aliphatic rings. The van der Waals surface area contributed by atoms with Crippen LogP contribution in [0.4, 0.5) is 0 Å². The van der Waals surface area contributed by atoms with Crippen LogP contribution < -0.4 is 10.1 Å². The summed E-state index contributed by atoms with van der Waals surface area (Å²) in [6.45, 7) is 4.75. The third-order valence-electron chi connectivity index (χ3n) is 4.22. The first-order valence-corrected chi connectivity index (χ1v) is 9.34. The summed E-state index contributed by atoms with van der Waals surface area (Å²) in [6, 6.07) is 18.9. The van der Waals surface area contributed by atoms with Crippen molar-refractivity contribution in [3.05, 3.63) is 71.3 Å². The van der Waals surface area contributed by atoms with Crippen molar-refractivity contribution < 1.29 is 9.53 Å². The molecule has 0 spiro atoms. The molecule has 0 fully saturated rings. The molecule has 2 rings (SSSR count). The van der Waals surface area contributed by atoms with E-state index >= 15 is 0 Å². The van der Waals surface area contributed by atoms with Crippen LogP contribution in [0.5, 0.6) is 5.75 Å². The first-order valence-electron chi connectivity index (χ1n) is 9.34. The summed E-state index contributed by atoms with van der Waals surface area (Å²) in [7, 11) is 0. The van der Waals surface area contributed by atoms with Gasteiger partial charge >= 0.3 is 0 Å². The standard InChI is InChI=1S/C23H26N2O2/c1-3-4-8-15-27-22-13-11-19(12-14-22)16-21(17-24)23(26)25-18(2)20-9-6-5-7-10-20/h5-7,9-14,16,18H,3-4,8,15H2,1-2H3,(H,25,26)/b21-16+. The zero-order valence-corrected chi connectivity index (χ0v) is 15.9. The number of unbranched alkanes of at least 4 members (excludes halogenated alkanes) is 2. The zero-order chi connectivity index (χ0) is 19.5. The SMILES string of the molecule is CCCCCOc1ccc(/C=C(\C#N)C(=O)NC(C)c2ccccc2)cc1. The monoisotopic (exact) mass is 362 g/mol. The highest BCUT2D eigenvalue weighted by Crippen LogP contribution is 2.16. The maximum atomic E-state index is 12.4. The van der Waals surface area contributed by atoms with E-state index < -0.39 is 0 Å². The van der Waals surface area contributed by atoms with Gasteiger partial charge in [0.2, 0.25) is 0 Å². The predicted molar refractivity (Wildman–Crippen MR) is 108 cm³/mol. The van der Waals surface area contributed by atoms with E-state index in [0.29, 0.717) is 6.61 Å². The molecule has 0 aliphatic heterocycles. The summed E-state index contributed by atoms with van der Waals surface area (Å²) in [4.78, 5) is 12.4. The molecule has 0 bridgehead atoms. The number of benzene rings is 2. The molecule has 1 atom stereocenters. The highest BCUT2D eigenvalue weighted by Gasteiger charge is 2.13. The number of ether oxygens (including phenoxy) is 1. The number of nitrogens with zero attached hydrogens (tertiary/aromatic N) is 1. The Bertz CT molecular complexity index is 789. The summed E-state index contributed by atoms with van der Waals surface area (Å²) in [5.41, 5.74) is 1.86. The van der Waals surface area contributed by atoms with Gasteiger partial charge in [-0.25, -0.2) is 0 Å². The molecule has 2 aromatic carbocycles. The Kier molecular flexibility index (Phi) is 8.12. The molecule has 140 valence electrons. The molecule has 1 unspecified atom stereocenters. The van der Waals surface area contributed by atoms with Crippen molar-refractivity contribution in [2.24, 2.45) is 0 Å². The first-order chi connectivity index (χ1) is 13.1. The lowest BCUT2D eigenvalue weighted by Crippen LogP contribution is -2.27. The van der Waals surface area contributed by atoms with Crippen molar-refractivity contribution in [1.82, 2.24) is 5.32 Å². The number of carbonyl (C=O) groups is 1. The Morgan fingerprint density at radius 2 is 1.85 bits per heavy atom. The van der Waals surface area contributed by atoms with E-state index in [1.54, 1.807) is 6.08 Å². The molecule has 0 saturated carbocycles. The van der Waals surface area contributed by atoms with Gasteiger partial charge in [-0.05, 0) is 42.7 Å². The van der Waals surface area contributed by atoms with Crippen LogP contribution in [0.25, 0.3) is 6.08 Å². The maximum absolute atomic E-state index is 12.4. The van der Waals surface area contributed by atoms with Crippen LogP contribution in [-0.2, 0) is 4.79 Å². The fourth-order valence-corrected chi connectivity index (χ4v) is 2.62. The smallest absolute Gasteiger partial charge is 0.262 e. The molecule has 1 N–H and O–H groups in total. The number of nitriles is 1. The fourth-order valence-electron chi connectivity index (χ4n) is 2.62. The lowest BCUT2D eigenvalue weighted by molar-refractivity contribution is -0.117. The van der Waals surface area contributed by atoms with Crippen LogP contribution in [0.15, 0.2) is 60.2 Å². The summed E-state index contributed by atoms with van der Waals surface area (Å²) in [6.07, 6.45) is 4.95. The Labute approximate surface area is 161 Å². The highest BCUT2D eigenvalue weighted by molar-refractivity contribution is 6.01. The molecule has 1 amide bonds. The Morgan fingerprint density at radius 3 is 2.48 bits per heavy atom. The quantitative estimate of drug-likeness (QED) is 0.386. The number of nitrogens with one attached hydrogen (secondary N) is 1. The number of carbonyl (C=O) groups excluding carboxylic acids is 1. The average Bonchev–Trinajstić information content (AvgIpc) is 2.71. The van der Waals surface area contributed by atoms with E-state index in [-0.39, 0.29) is 17.5 Å². The van der Waals surface area contributed by atoms with E-state index in [4.69, 9.17) is 4.74 Å². The molecular formula is C23H26N2O2. The van der Waals surface area contributed by atoms with E-state index in [0.717, 1.165) is 36.1 Å². The first kappa shape index (κ1) is 20.3. The second-order valence-electron chi connectivity index (χ2n) is 6.40. The molecule has 0 aliphatic carbocycles. The maximum Gasteiger partial charge on any atom is 0.262 e. The summed E-state index contributed by atoms with van der Waals surface area (Å²) in [5.74, 6) is 0.414. The normalized spacial score (nSPS) is 12.1. The van der Waals surface area contributed by atoms with Crippen LogP contribution in [-0.4, -0.2) is 12.5 Å². The fraction of sp³-hybridized carbons (Fsp3) is 0.304. The van der Waals surface area contributed by atoms with Gasteiger partial charge in [-0.2, -0.15) is 5.26 Å². The van der Waals surface area contributed by atoms with E-state index in [1.807, 2.05) is 67.6 Å².